The van der Waals surface area contributed by atoms with Crippen LogP contribution in [-0.2, 0) is 16.0 Å². The van der Waals surface area contributed by atoms with Gasteiger partial charge in [-0.1, -0.05) is 74.5 Å². The lowest BCUT2D eigenvalue weighted by atomic mass is 9.96. The number of nitrogens with zero attached hydrogens (tertiary/aromatic N) is 4. The molecule has 0 spiro atoms. The monoisotopic (exact) mass is 625 g/mol. The number of thioether (sulfide) groups is 1. The fraction of sp³-hybridized carbons (Fsp3) is 0.343. The molecule has 2 N–H and O–H groups in total. The smallest absolute Gasteiger partial charge is 0.258 e. The molecule has 1 aromatic heterocycles. The number of aliphatic hydroxyl groups excluding tert-OH is 1. The molecular weight excluding hydrogens is 586 g/mol. The predicted octanol–water partition coefficient (Wildman–Crippen LogP) is 4.40. The number of aromatic nitrogens is 1. The van der Waals surface area contributed by atoms with E-state index in [1.165, 1.54) is 21.6 Å². The fourth-order valence-corrected chi connectivity index (χ4v) is 6.67. The van der Waals surface area contributed by atoms with E-state index in [1.807, 2.05) is 74.5 Å². The predicted molar refractivity (Wildman–Crippen MR) is 177 cm³/mol. The first-order valence-corrected chi connectivity index (χ1v) is 15.9. The van der Waals surface area contributed by atoms with Crippen LogP contribution in [0, 0.1) is 5.92 Å². The highest BCUT2D eigenvalue weighted by molar-refractivity contribution is 8.15. The lowest BCUT2D eigenvalue weighted by Gasteiger charge is -2.41. The van der Waals surface area contributed by atoms with Crippen molar-refractivity contribution >= 4 is 40.2 Å². The number of rotatable bonds is 10. The van der Waals surface area contributed by atoms with E-state index in [0.717, 1.165) is 5.56 Å². The average molecular weight is 626 g/mol. The zero-order chi connectivity index (χ0) is 32.1. The second-order valence-corrected chi connectivity index (χ2v) is 14.0. The van der Waals surface area contributed by atoms with E-state index in [-0.39, 0.29) is 29.0 Å². The molecule has 0 radical (unpaired) electrons. The number of nitrogens with one attached hydrogen (secondary N) is 1. The Bertz CT molecular complexity index is 1580. The van der Waals surface area contributed by atoms with Crippen LogP contribution in [-0.4, -0.2) is 78.7 Å². The van der Waals surface area contributed by atoms with Crippen LogP contribution < -0.4 is 5.32 Å². The third-order valence-corrected chi connectivity index (χ3v) is 9.07. The molecule has 0 saturated heterocycles. The lowest BCUT2D eigenvalue weighted by Crippen LogP contribution is -2.57. The lowest BCUT2D eigenvalue weighted by molar-refractivity contribution is -0.138. The third kappa shape index (κ3) is 7.51. The number of hydrogen-bond acceptors (Lipinski definition) is 7. The molecule has 2 aliphatic rings. The van der Waals surface area contributed by atoms with Gasteiger partial charge in [-0.15, -0.1) is 11.8 Å². The second-order valence-electron chi connectivity index (χ2n) is 12.3. The Morgan fingerprint density at radius 1 is 1.02 bits per heavy atom. The summed E-state index contributed by atoms with van der Waals surface area (Å²) in [5.41, 5.74) is 2.49. The van der Waals surface area contributed by atoms with E-state index in [9.17, 15) is 19.5 Å². The molecule has 0 saturated carbocycles. The highest BCUT2D eigenvalue weighted by atomic mass is 32.2. The Labute approximate surface area is 268 Å². The van der Waals surface area contributed by atoms with E-state index >= 15 is 0 Å². The van der Waals surface area contributed by atoms with Crippen LogP contribution in [0.15, 0.2) is 96.4 Å². The van der Waals surface area contributed by atoms with Crippen molar-refractivity contribution in [2.24, 2.45) is 10.9 Å². The van der Waals surface area contributed by atoms with E-state index in [4.69, 9.17) is 0 Å². The molecule has 3 heterocycles. The first-order chi connectivity index (χ1) is 21.5. The highest BCUT2D eigenvalue weighted by Gasteiger charge is 2.42. The largest absolute Gasteiger partial charge is 0.384 e. The van der Waals surface area contributed by atoms with Crippen molar-refractivity contribution in [2.45, 2.75) is 57.1 Å². The van der Waals surface area contributed by atoms with Gasteiger partial charge in [0, 0.05) is 28.9 Å². The summed E-state index contributed by atoms with van der Waals surface area (Å²) in [7, 11) is 0. The molecule has 10 heteroatoms. The van der Waals surface area contributed by atoms with Gasteiger partial charge in [0.05, 0.1) is 23.3 Å². The molecule has 45 heavy (non-hydrogen) atoms. The summed E-state index contributed by atoms with van der Waals surface area (Å²) in [6.45, 7) is 8.18. The Balaban J connectivity index is 1.45. The zero-order valence-electron chi connectivity index (χ0n) is 26.0. The molecule has 3 amide bonds. The van der Waals surface area contributed by atoms with E-state index < -0.39 is 24.1 Å². The van der Waals surface area contributed by atoms with Crippen molar-refractivity contribution < 1.29 is 19.5 Å². The number of benzene rings is 2. The van der Waals surface area contributed by atoms with Crippen molar-refractivity contribution in [2.75, 3.05) is 13.1 Å². The number of hydrogen-bond donors (Lipinski definition) is 2. The molecule has 1 unspecified atom stereocenters. The Morgan fingerprint density at radius 2 is 1.67 bits per heavy atom. The molecule has 2 aromatic carbocycles. The number of carbonyl (C=O) groups is 3. The molecule has 3 aromatic rings. The number of pyridine rings is 1. The summed E-state index contributed by atoms with van der Waals surface area (Å²) in [6, 6.07) is 20.6. The Hall–Kier alpha value is -4.28. The van der Waals surface area contributed by atoms with Crippen molar-refractivity contribution in [1.29, 1.82) is 0 Å². The van der Waals surface area contributed by atoms with Crippen LogP contribution >= 0.6 is 11.8 Å². The van der Waals surface area contributed by atoms with Gasteiger partial charge in [0.1, 0.15) is 18.7 Å². The van der Waals surface area contributed by atoms with Gasteiger partial charge in [-0.3, -0.25) is 29.3 Å². The summed E-state index contributed by atoms with van der Waals surface area (Å²) < 4.78 is -0.140. The van der Waals surface area contributed by atoms with Gasteiger partial charge in [-0.05, 0) is 49.4 Å². The van der Waals surface area contributed by atoms with Crippen LogP contribution in [0.2, 0.25) is 0 Å². The molecule has 0 fully saturated rings. The maximum absolute atomic E-state index is 14.3. The molecule has 3 atom stereocenters. The van der Waals surface area contributed by atoms with Crippen molar-refractivity contribution in [3.05, 3.63) is 108 Å². The van der Waals surface area contributed by atoms with Crippen molar-refractivity contribution in [1.82, 2.24) is 20.1 Å². The minimum absolute atomic E-state index is 0.140. The van der Waals surface area contributed by atoms with Crippen LogP contribution in [0.5, 0.6) is 0 Å². The van der Waals surface area contributed by atoms with Crippen LogP contribution in [0.4, 0.5) is 0 Å². The second kappa shape index (κ2) is 13.8. The number of amides is 3. The highest BCUT2D eigenvalue weighted by Crippen LogP contribution is 2.34. The topological polar surface area (TPSA) is 115 Å². The molecule has 2 aliphatic heterocycles. The first kappa shape index (κ1) is 32.1. The maximum atomic E-state index is 14.3. The average Bonchev–Trinajstić information content (AvgIpc) is 3.41. The summed E-state index contributed by atoms with van der Waals surface area (Å²) in [6.07, 6.45) is 4.11. The molecule has 5 rings (SSSR count). The van der Waals surface area contributed by atoms with Crippen molar-refractivity contribution in [3.63, 3.8) is 0 Å². The van der Waals surface area contributed by atoms with E-state index in [0.29, 0.717) is 34.8 Å². The number of aliphatic hydroxyl groups is 1. The summed E-state index contributed by atoms with van der Waals surface area (Å²) in [5.74, 6) is -1.35. The molecule has 0 aliphatic carbocycles. The van der Waals surface area contributed by atoms with E-state index in [2.05, 4.69) is 29.1 Å². The molecule has 9 nitrogen and oxygen atoms in total. The van der Waals surface area contributed by atoms with Gasteiger partial charge in [-0.25, -0.2) is 0 Å². The van der Waals surface area contributed by atoms with Crippen LogP contribution in [0.3, 0.4) is 0 Å². The number of carbonyl (C=O) groups excluding carboxylic acids is 3. The normalized spacial score (nSPS) is 19.2. The first-order valence-electron chi connectivity index (χ1n) is 15.1. The minimum Gasteiger partial charge on any atom is -0.384 e. The zero-order valence-corrected chi connectivity index (χ0v) is 26.8. The third-order valence-electron chi connectivity index (χ3n) is 7.81. The van der Waals surface area contributed by atoms with Gasteiger partial charge in [0.2, 0.25) is 5.91 Å². The van der Waals surface area contributed by atoms with Gasteiger partial charge >= 0.3 is 0 Å². The summed E-state index contributed by atoms with van der Waals surface area (Å²) >= 11 is 1.51. The van der Waals surface area contributed by atoms with Crippen LogP contribution in [0.1, 0.15) is 49.2 Å². The fourth-order valence-electron chi connectivity index (χ4n) is 5.56. The maximum Gasteiger partial charge on any atom is 0.258 e. The van der Waals surface area contributed by atoms with Gasteiger partial charge in [-0.2, -0.15) is 0 Å². The molecular formula is C35H39N5O4S. The quantitative estimate of drug-likeness (QED) is 0.345. The van der Waals surface area contributed by atoms with Gasteiger partial charge < -0.3 is 15.3 Å². The Kier molecular flexibility index (Phi) is 9.84. The van der Waals surface area contributed by atoms with Crippen molar-refractivity contribution in [3.8, 4) is 0 Å². The van der Waals surface area contributed by atoms with Gasteiger partial charge in [0.25, 0.3) is 11.8 Å². The SMILES string of the molecule is CC(C)[C@@H]1C(=O)N(CC(=O)N[C@@H](Cc2ccccc2)C(O)C2=NCC(C)(C)S2)C(c2ccccc2)=CN1C(=O)c1ccncc1. The number of aliphatic imine (C=N–C) groups is 1. The molecule has 234 valence electrons. The molecule has 0 bridgehead atoms. The van der Waals surface area contributed by atoms with E-state index in [1.54, 1.807) is 30.7 Å². The van der Waals surface area contributed by atoms with Crippen LogP contribution in [0.25, 0.3) is 5.70 Å². The van der Waals surface area contributed by atoms with Gasteiger partial charge in [0.15, 0.2) is 0 Å². The standard InChI is InChI=1S/C35H39N5O4S/c1-23(2)30-34(44)39(28(25-13-9-6-10-14-25)20-40(30)33(43)26-15-17-36-18-16-26)21-29(41)38-27(19-24-11-7-5-8-12-24)31(42)32-37-22-35(3,4)45-32/h5-18,20,23,27,30-31,42H,19,21-22H2,1-4H3,(H,38,41)/t27-,30+,31?/m0/s1. The summed E-state index contributed by atoms with van der Waals surface area (Å²) in [5, 5.41) is 15.1. The minimum atomic E-state index is -1.01. The Morgan fingerprint density at radius 3 is 2.27 bits per heavy atom. The summed E-state index contributed by atoms with van der Waals surface area (Å²) in [4.78, 5) is 53.3.